The van der Waals surface area contributed by atoms with Crippen LogP contribution in [0, 0.1) is 0 Å². The number of amides is 3. The molecule has 2 aliphatic heterocycles. The number of likely N-dealkylation sites (N-methyl/N-ethyl adjacent to an activating group) is 1. The number of urea groups is 1. The molecular formula is C17H20N6O3. The van der Waals surface area contributed by atoms with E-state index in [0.717, 1.165) is 5.69 Å². The average molecular weight is 356 g/mol. The number of anilines is 1. The van der Waals surface area contributed by atoms with Gasteiger partial charge in [-0.05, 0) is 12.1 Å². The molecule has 136 valence electrons. The summed E-state index contributed by atoms with van der Waals surface area (Å²) in [5, 5.41) is 7.27. The van der Waals surface area contributed by atoms with Crippen molar-refractivity contribution in [2.75, 3.05) is 32.0 Å². The number of hydrogen-bond acceptors (Lipinski definition) is 5. The van der Waals surface area contributed by atoms with E-state index >= 15 is 0 Å². The number of nitrogens with one attached hydrogen (secondary N) is 1. The summed E-state index contributed by atoms with van der Waals surface area (Å²) in [6.45, 7) is 1.43. The molecular weight excluding hydrogens is 336 g/mol. The van der Waals surface area contributed by atoms with Crippen molar-refractivity contribution in [3.05, 3.63) is 30.5 Å². The fraction of sp³-hybridized carbons (Fsp3) is 0.412. The number of hydrogen-bond donors (Lipinski definition) is 1. The molecule has 0 aliphatic carbocycles. The molecule has 2 aliphatic rings. The Morgan fingerprint density at radius 1 is 1.27 bits per heavy atom. The summed E-state index contributed by atoms with van der Waals surface area (Å²) >= 11 is 0. The lowest BCUT2D eigenvalue weighted by atomic mass is 10.0. The van der Waals surface area contributed by atoms with Crippen LogP contribution in [0.3, 0.4) is 0 Å². The van der Waals surface area contributed by atoms with Crippen LogP contribution in [0.4, 0.5) is 15.4 Å². The van der Waals surface area contributed by atoms with Crippen LogP contribution in [0.5, 0.6) is 0 Å². The Morgan fingerprint density at radius 2 is 2.12 bits per heavy atom. The van der Waals surface area contributed by atoms with Gasteiger partial charge in [0.05, 0.1) is 18.8 Å². The van der Waals surface area contributed by atoms with Crippen molar-refractivity contribution >= 4 is 17.9 Å². The van der Waals surface area contributed by atoms with Gasteiger partial charge in [-0.2, -0.15) is 5.10 Å². The van der Waals surface area contributed by atoms with Crippen molar-refractivity contribution in [2.24, 2.45) is 7.05 Å². The van der Waals surface area contributed by atoms with Crippen LogP contribution in [-0.4, -0.2) is 69.0 Å². The Hall–Kier alpha value is -3.10. The van der Waals surface area contributed by atoms with Gasteiger partial charge in [0.15, 0.2) is 5.60 Å². The number of aryl methyl sites for hydroxylation is 1. The van der Waals surface area contributed by atoms with Crippen LogP contribution in [-0.2, 0) is 11.8 Å². The fourth-order valence-electron chi connectivity index (χ4n) is 3.43. The lowest BCUT2D eigenvalue weighted by Crippen LogP contribution is -2.40. The second-order valence-electron chi connectivity index (χ2n) is 6.76. The van der Waals surface area contributed by atoms with Gasteiger partial charge in [-0.1, -0.05) is 6.07 Å². The van der Waals surface area contributed by atoms with E-state index in [1.165, 1.54) is 0 Å². The summed E-state index contributed by atoms with van der Waals surface area (Å²) in [5.74, 6) is 0.581. The van der Waals surface area contributed by atoms with E-state index < -0.39 is 5.60 Å². The lowest BCUT2D eigenvalue weighted by molar-refractivity contribution is 0.0662. The van der Waals surface area contributed by atoms with Gasteiger partial charge in [-0.3, -0.25) is 15.0 Å². The van der Waals surface area contributed by atoms with E-state index in [2.05, 4.69) is 15.4 Å². The Balaban J connectivity index is 1.45. The molecule has 0 radical (unpaired) electrons. The molecule has 2 aromatic rings. The number of aromatic nitrogens is 3. The average Bonchev–Trinajstić information content (AvgIpc) is 3.28. The Labute approximate surface area is 150 Å². The SMILES string of the molecule is CN1C[C@@]2(CCN(C(=O)Nc3cc(-c4ccccn4)nn3C)C2)OC1=O. The summed E-state index contributed by atoms with van der Waals surface area (Å²) in [6, 6.07) is 7.14. The van der Waals surface area contributed by atoms with Crippen LogP contribution >= 0.6 is 0 Å². The zero-order chi connectivity index (χ0) is 18.3. The lowest BCUT2D eigenvalue weighted by Gasteiger charge is -2.21. The second kappa shape index (κ2) is 6.01. The quantitative estimate of drug-likeness (QED) is 0.881. The highest BCUT2D eigenvalue weighted by Crippen LogP contribution is 2.32. The first-order valence-corrected chi connectivity index (χ1v) is 8.41. The summed E-state index contributed by atoms with van der Waals surface area (Å²) in [4.78, 5) is 31.8. The standard InChI is InChI=1S/C17H20N6O3/c1-21-10-17(26-16(21)25)6-8-23(11-17)15(24)19-14-9-13(20-22(14)2)12-5-3-4-7-18-12/h3-5,7,9H,6,8,10-11H2,1-2H3,(H,19,24)/t17-/m1/s1. The minimum atomic E-state index is -0.589. The molecule has 9 heteroatoms. The number of carbonyl (C=O) groups excluding carboxylic acids is 2. The number of carbonyl (C=O) groups is 2. The predicted molar refractivity (Wildman–Crippen MR) is 93.5 cm³/mol. The summed E-state index contributed by atoms with van der Waals surface area (Å²) < 4.78 is 7.09. The van der Waals surface area contributed by atoms with Crippen molar-refractivity contribution in [2.45, 2.75) is 12.0 Å². The number of ether oxygens (including phenoxy) is 1. The molecule has 0 bridgehead atoms. The largest absolute Gasteiger partial charge is 0.439 e. The molecule has 1 spiro atoms. The minimum Gasteiger partial charge on any atom is -0.439 e. The van der Waals surface area contributed by atoms with Crippen molar-refractivity contribution < 1.29 is 14.3 Å². The topological polar surface area (TPSA) is 92.6 Å². The Morgan fingerprint density at radius 3 is 2.81 bits per heavy atom. The van der Waals surface area contributed by atoms with Crippen LogP contribution in [0.15, 0.2) is 30.5 Å². The van der Waals surface area contributed by atoms with Gasteiger partial charge >= 0.3 is 12.1 Å². The second-order valence-corrected chi connectivity index (χ2v) is 6.76. The number of nitrogens with zero attached hydrogens (tertiary/aromatic N) is 5. The highest BCUT2D eigenvalue weighted by Gasteiger charge is 2.49. The molecule has 1 atom stereocenters. The smallest absolute Gasteiger partial charge is 0.410 e. The van der Waals surface area contributed by atoms with E-state index in [9.17, 15) is 9.59 Å². The third-order valence-electron chi connectivity index (χ3n) is 4.79. The maximum atomic E-state index is 12.6. The first-order chi connectivity index (χ1) is 12.5. The van der Waals surface area contributed by atoms with E-state index in [1.807, 2.05) is 18.2 Å². The maximum Gasteiger partial charge on any atom is 0.410 e. The first kappa shape index (κ1) is 16.4. The van der Waals surface area contributed by atoms with Gasteiger partial charge in [0.1, 0.15) is 11.5 Å². The summed E-state index contributed by atoms with van der Waals surface area (Å²) in [6.07, 6.45) is 2.01. The fourth-order valence-corrected chi connectivity index (χ4v) is 3.43. The molecule has 26 heavy (non-hydrogen) atoms. The van der Waals surface area contributed by atoms with E-state index in [4.69, 9.17) is 4.74 Å². The van der Waals surface area contributed by atoms with Crippen LogP contribution in [0.2, 0.25) is 0 Å². The van der Waals surface area contributed by atoms with Gasteiger partial charge in [0, 0.05) is 39.3 Å². The first-order valence-electron chi connectivity index (χ1n) is 8.41. The number of rotatable bonds is 2. The van der Waals surface area contributed by atoms with Crippen molar-refractivity contribution in [1.29, 1.82) is 0 Å². The molecule has 0 aromatic carbocycles. The molecule has 9 nitrogen and oxygen atoms in total. The number of pyridine rings is 1. The molecule has 4 rings (SSSR count). The third kappa shape index (κ3) is 2.85. The Kier molecular flexibility index (Phi) is 3.78. The highest BCUT2D eigenvalue weighted by atomic mass is 16.6. The molecule has 2 fully saturated rings. The van der Waals surface area contributed by atoms with Gasteiger partial charge in [-0.15, -0.1) is 0 Å². The predicted octanol–water partition coefficient (Wildman–Crippen LogP) is 1.54. The van der Waals surface area contributed by atoms with Crippen LogP contribution < -0.4 is 5.32 Å². The molecule has 0 saturated carbocycles. The minimum absolute atomic E-state index is 0.233. The maximum absolute atomic E-state index is 12.6. The van der Waals surface area contributed by atoms with Gasteiger partial charge in [-0.25, -0.2) is 9.59 Å². The van der Waals surface area contributed by atoms with Crippen LogP contribution in [0.25, 0.3) is 11.4 Å². The molecule has 0 unspecified atom stereocenters. The Bertz CT molecular complexity index is 851. The zero-order valence-corrected chi connectivity index (χ0v) is 14.7. The van der Waals surface area contributed by atoms with Crippen molar-refractivity contribution in [1.82, 2.24) is 24.6 Å². The molecule has 2 aromatic heterocycles. The zero-order valence-electron chi connectivity index (χ0n) is 14.7. The van der Waals surface area contributed by atoms with Gasteiger partial charge in [0.2, 0.25) is 0 Å². The van der Waals surface area contributed by atoms with Gasteiger partial charge in [0.25, 0.3) is 0 Å². The molecule has 4 heterocycles. The van der Waals surface area contributed by atoms with E-state index in [0.29, 0.717) is 37.6 Å². The van der Waals surface area contributed by atoms with E-state index in [-0.39, 0.29) is 12.1 Å². The van der Waals surface area contributed by atoms with Crippen LogP contribution in [0.1, 0.15) is 6.42 Å². The molecule has 1 N–H and O–H groups in total. The van der Waals surface area contributed by atoms with Gasteiger partial charge < -0.3 is 14.5 Å². The third-order valence-corrected chi connectivity index (χ3v) is 4.79. The van der Waals surface area contributed by atoms with Crippen molar-refractivity contribution in [3.63, 3.8) is 0 Å². The normalized spacial score (nSPS) is 22.2. The molecule has 3 amide bonds. The summed E-state index contributed by atoms with van der Waals surface area (Å²) in [5.41, 5.74) is 0.839. The van der Waals surface area contributed by atoms with Crippen molar-refractivity contribution in [3.8, 4) is 11.4 Å². The van der Waals surface area contributed by atoms with E-state index in [1.54, 1.807) is 40.8 Å². The molecule has 2 saturated heterocycles. The number of likely N-dealkylation sites (tertiary alicyclic amines) is 1. The monoisotopic (exact) mass is 356 g/mol. The highest BCUT2D eigenvalue weighted by molar-refractivity contribution is 5.89. The summed E-state index contributed by atoms with van der Waals surface area (Å²) in [7, 11) is 3.47.